The second kappa shape index (κ2) is 4.81. The van der Waals surface area contributed by atoms with E-state index in [1.165, 1.54) is 44.9 Å². The first-order valence-electron chi connectivity index (χ1n) is 11.7. The molecule has 0 N–H and O–H groups in total. The molecule has 0 bridgehead atoms. The highest BCUT2D eigenvalue weighted by atomic mass is 16.5. The molecular formula is C25H32O2. The van der Waals surface area contributed by atoms with Gasteiger partial charge in [0.05, 0.1) is 12.2 Å². The number of allylic oxidation sites excluding steroid dienone is 1. The largest absolute Gasteiger partial charge is 0.366 e. The van der Waals surface area contributed by atoms with Gasteiger partial charge in [-0.3, -0.25) is 4.79 Å². The molecule has 2 nitrogen and oxygen atoms in total. The summed E-state index contributed by atoms with van der Waals surface area (Å²) in [5.41, 5.74) is 2.53. The van der Waals surface area contributed by atoms with E-state index in [2.05, 4.69) is 25.2 Å². The van der Waals surface area contributed by atoms with E-state index < -0.39 is 0 Å². The Bertz CT molecular complexity index is 788. The zero-order valence-electron chi connectivity index (χ0n) is 16.6. The summed E-state index contributed by atoms with van der Waals surface area (Å²) in [6.45, 7) is 3.29. The topological polar surface area (TPSA) is 26.3 Å². The summed E-state index contributed by atoms with van der Waals surface area (Å²) in [6, 6.07) is 0. The van der Waals surface area contributed by atoms with Crippen molar-refractivity contribution in [2.45, 2.75) is 70.3 Å². The van der Waals surface area contributed by atoms with Crippen molar-refractivity contribution in [3.63, 3.8) is 0 Å². The van der Waals surface area contributed by atoms with Gasteiger partial charge in [-0.15, -0.1) is 0 Å². The summed E-state index contributed by atoms with van der Waals surface area (Å²) in [7, 11) is 0. The van der Waals surface area contributed by atoms with Gasteiger partial charge >= 0.3 is 0 Å². The first-order chi connectivity index (χ1) is 13.1. The Balaban J connectivity index is 1.33. The quantitative estimate of drug-likeness (QED) is 0.606. The maximum Gasteiger partial charge on any atom is 0.155 e. The molecule has 2 spiro atoms. The molecule has 1 aliphatic heterocycles. The Morgan fingerprint density at radius 2 is 2.04 bits per heavy atom. The van der Waals surface area contributed by atoms with Gasteiger partial charge in [0.15, 0.2) is 5.78 Å². The number of carbonyl (C=O) groups excluding carboxylic acids is 1. The van der Waals surface area contributed by atoms with Gasteiger partial charge in [0.1, 0.15) is 0 Å². The average molecular weight is 365 g/mol. The molecule has 0 radical (unpaired) electrons. The van der Waals surface area contributed by atoms with Crippen molar-refractivity contribution in [3.8, 4) is 0 Å². The van der Waals surface area contributed by atoms with Crippen LogP contribution in [-0.2, 0) is 9.53 Å². The van der Waals surface area contributed by atoms with E-state index in [1.807, 2.05) is 0 Å². The Hall–Kier alpha value is -0.890. The van der Waals surface area contributed by atoms with Gasteiger partial charge in [-0.05, 0) is 98.4 Å². The molecule has 0 amide bonds. The van der Waals surface area contributed by atoms with Crippen LogP contribution in [0.2, 0.25) is 0 Å². The summed E-state index contributed by atoms with van der Waals surface area (Å²) < 4.78 is 6.62. The molecule has 0 aromatic carbocycles. The van der Waals surface area contributed by atoms with E-state index in [0.29, 0.717) is 16.6 Å². The van der Waals surface area contributed by atoms with Crippen LogP contribution in [0, 0.1) is 46.3 Å². The summed E-state index contributed by atoms with van der Waals surface area (Å²) >= 11 is 0. The fraction of sp³-hybridized carbons (Fsp3) is 0.800. The van der Waals surface area contributed by atoms with Gasteiger partial charge in [-0.2, -0.15) is 0 Å². The molecule has 0 aromatic rings. The molecule has 2 heteroatoms. The highest BCUT2D eigenvalue weighted by Gasteiger charge is 2.78. The Kier molecular flexibility index (Phi) is 2.84. The molecule has 0 aromatic heterocycles. The van der Waals surface area contributed by atoms with Crippen molar-refractivity contribution in [1.82, 2.24) is 0 Å². The van der Waals surface area contributed by atoms with Crippen molar-refractivity contribution in [2.75, 3.05) is 6.61 Å². The van der Waals surface area contributed by atoms with E-state index in [-0.39, 0.29) is 5.60 Å². The van der Waals surface area contributed by atoms with Gasteiger partial charge in [-0.1, -0.05) is 24.6 Å². The minimum Gasteiger partial charge on any atom is -0.366 e. The van der Waals surface area contributed by atoms with Crippen molar-refractivity contribution in [3.05, 3.63) is 23.8 Å². The third-order valence-electron chi connectivity index (χ3n) is 10.6. The van der Waals surface area contributed by atoms with E-state index in [4.69, 9.17) is 4.74 Å². The van der Waals surface area contributed by atoms with Crippen LogP contribution in [0.5, 0.6) is 0 Å². The van der Waals surface area contributed by atoms with Crippen molar-refractivity contribution >= 4 is 5.78 Å². The summed E-state index contributed by atoms with van der Waals surface area (Å²) in [5.74, 6) is 5.49. The first-order valence-corrected chi connectivity index (χ1v) is 11.7. The minimum atomic E-state index is 0.0808. The van der Waals surface area contributed by atoms with Crippen LogP contribution in [0.15, 0.2) is 23.8 Å². The van der Waals surface area contributed by atoms with Gasteiger partial charge < -0.3 is 4.74 Å². The van der Waals surface area contributed by atoms with Crippen LogP contribution in [0.1, 0.15) is 64.7 Å². The number of ketones is 1. The lowest BCUT2D eigenvalue weighted by atomic mass is 9.46. The second-order valence-electron chi connectivity index (χ2n) is 11.1. The third kappa shape index (κ3) is 1.69. The number of fused-ring (bicyclic) bond motifs is 10. The SMILES string of the molecule is CC[C@]12CCC3C(CC4(CC4)C4=CC(=O)CC[C@@H]43)C1[C@@H]1C[C@@H]1[C@@]21C=CCO1. The van der Waals surface area contributed by atoms with Gasteiger partial charge in [-0.25, -0.2) is 0 Å². The highest BCUT2D eigenvalue weighted by molar-refractivity contribution is 5.91. The van der Waals surface area contributed by atoms with E-state index in [9.17, 15) is 4.79 Å². The molecule has 3 unspecified atom stereocenters. The van der Waals surface area contributed by atoms with E-state index in [1.54, 1.807) is 5.57 Å². The maximum absolute atomic E-state index is 12.2. The Morgan fingerprint density at radius 3 is 2.78 bits per heavy atom. The Labute approximate surface area is 162 Å². The predicted octanol–water partition coefficient (Wildman–Crippen LogP) is 5.09. The predicted molar refractivity (Wildman–Crippen MR) is 104 cm³/mol. The normalized spacial score (nSPS) is 55.7. The van der Waals surface area contributed by atoms with Crippen LogP contribution < -0.4 is 0 Å². The van der Waals surface area contributed by atoms with E-state index >= 15 is 0 Å². The lowest BCUT2D eigenvalue weighted by molar-refractivity contribution is -0.146. The Morgan fingerprint density at radius 1 is 1.15 bits per heavy atom. The first kappa shape index (κ1) is 16.0. The smallest absolute Gasteiger partial charge is 0.155 e. The maximum atomic E-state index is 12.2. The molecule has 7 aliphatic rings. The molecule has 8 atom stereocenters. The molecule has 5 saturated carbocycles. The summed E-state index contributed by atoms with van der Waals surface area (Å²) in [6.07, 6.45) is 18.4. The fourth-order valence-electron chi connectivity index (χ4n) is 9.61. The molecule has 6 aliphatic carbocycles. The van der Waals surface area contributed by atoms with Gasteiger partial charge in [0, 0.05) is 11.8 Å². The zero-order valence-corrected chi connectivity index (χ0v) is 16.6. The van der Waals surface area contributed by atoms with Crippen LogP contribution in [0.25, 0.3) is 0 Å². The van der Waals surface area contributed by atoms with Crippen LogP contribution in [-0.4, -0.2) is 18.0 Å². The number of ether oxygens (including phenoxy) is 1. The molecule has 0 saturated heterocycles. The average Bonchev–Trinajstić information content (AvgIpc) is 3.58. The number of carbonyl (C=O) groups is 1. The van der Waals surface area contributed by atoms with E-state index in [0.717, 1.165) is 55.0 Å². The molecule has 27 heavy (non-hydrogen) atoms. The van der Waals surface area contributed by atoms with Crippen LogP contribution >= 0.6 is 0 Å². The third-order valence-corrected chi connectivity index (χ3v) is 10.6. The summed E-state index contributed by atoms with van der Waals surface area (Å²) in [4.78, 5) is 12.2. The molecule has 5 fully saturated rings. The summed E-state index contributed by atoms with van der Waals surface area (Å²) in [5, 5.41) is 0. The lowest BCUT2D eigenvalue weighted by Gasteiger charge is -2.59. The van der Waals surface area contributed by atoms with Crippen molar-refractivity contribution in [2.24, 2.45) is 46.3 Å². The molecule has 1 heterocycles. The standard InChI is InChI=1S/C25H32O2/c1-2-24-8-6-16-17-5-4-15(26)12-20(17)23(9-10-23)14-19(16)22(24)18-13-21(18)25(24)7-3-11-27-25/h3,7,12,16-19,21-22H,2,4-6,8-11,13-14H2,1H3/t16?,17-,18-,19?,21+,22?,24+,25+/m1/s1. The van der Waals surface area contributed by atoms with Gasteiger partial charge in [0.25, 0.3) is 0 Å². The van der Waals surface area contributed by atoms with Crippen LogP contribution in [0.4, 0.5) is 0 Å². The van der Waals surface area contributed by atoms with Gasteiger partial charge in [0.2, 0.25) is 0 Å². The van der Waals surface area contributed by atoms with Crippen LogP contribution in [0.3, 0.4) is 0 Å². The fourth-order valence-corrected chi connectivity index (χ4v) is 9.61. The number of hydrogen-bond acceptors (Lipinski definition) is 2. The van der Waals surface area contributed by atoms with Crippen molar-refractivity contribution < 1.29 is 9.53 Å². The second-order valence-corrected chi connectivity index (χ2v) is 11.1. The highest BCUT2D eigenvalue weighted by Crippen LogP contribution is 2.80. The number of hydrogen-bond donors (Lipinski definition) is 0. The monoisotopic (exact) mass is 364 g/mol. The minimum absolute atomic E-state index is 0.0808. The number of rotatable bonds is 1. The lowest BCUT2D eigenvalue weighted by Crippen LogP contribution is -2.56. The molecule has 7 rings (SSSR count). The molecule has 144 valence electrons. The van der Waals surface area contributed by atoms with Crippen molar-refractivity contribution in [1.29, 1.82) is 0 Å². The molecular weight excluding hydrogens is 332 g/mol. The zero-order chi connectivity index (χ0) is 18.0.